The minimum Gasteiger partial charge on any atom is -0.508 e. The smallest absolute Gasteiger partial charge is 0.254 e. The van der Waals surface area contributed by atoms with E-state index in [0.29, 0.717) is 96.7 Å². The summed E-state index contributed by atoms with van der Waals surface area (Å²) in [5.41, 5.74) is 7.66. The number of nitrogens with one attached hydrogen (secondary N) is 3. The highest BCUT2D eigenvalue weighted by atomic mass is 32.2. The number of carbonyl (C=O) groups is 7. The van der Waals surface area contributed by atoms with E-state index in [1.807, 2.05) is 44.2 Å². The maximum atomic E-state index is 14.7. The van der Waals surface area contributed by atoms with Crippen molar-refractivity contribution in [3.8, 4) is 28.2 Å². The number of sulfonamides is 1. The summed E-state index contributed by atoms with van der Waals surface area (Å²) in [6, 6.07) is 50.1. The van der Waals surface area contributed by atoms with Gasteiger partial charge in [0, 0.05) is 141 Å². The Morgan fingerprint density at radius 2 is 1.23 bits per heavy atom. The van der Waals surface area contributed by atoms with Gasteiger partial charge in [-0.2, -0.15) is 4.31 Å². The van der Waals surface area contributed by atoms with Gasteiger partial charge < -0.3 is 45.3 Å². The number of piperazine rings is 1. The molecule has 0 saturated carbocycles. The Labute approximate surface area is 677 Å². The minimum absolute atomic E-state index is 0.00626. The van der Waals surface area contributed by atoms with Gasteiger partial charge in [-0.15, -0.1) is 5.10 Å². The normalized spacial score (nSPS) is 13.3. The molecule has 0 bridgehead atoms. The van der Waals surface area contributed by atoms with Crippen molar-refractivity contribution in [2.75, 3.05) is 76.9 Å². The number of nitrogens with zero attached hydrogens (tertiary/aromatic N) is 8. The van der Waals surface area contributed by atoms with Crippen LogP contribution in [0.4, 0.5) is 5.69 Å². The van der Waals surface area contributed by atoms with Crippen LogP contribution in [-0.2, 0) is 58.4 Å². The van der Waals surface area contributed by atoms with Gasteiger partial charge in [0.25, 0.3) is 5.91 Å². The van der Waals surface area contributed by atoms with E-state index in [4.69, 9.17) is 4.42 Å². The van der Waals surface area contributed by atoms with Gasteiger partial charge in [0.1, 0.15) is 41.9 Å². The number of fused-ring (bicyclic) bond motifs is 2. The summed E-state index contributed by atoms with van der Waals surface area (Å²) < 4.78 is 67.8. The van der Waals surface area contributed by atoms with Crippen LogP contribution in [0, 0.1) is 5.92 Å². The first-order valence-electron chi connectivity index (χ1n) is 39.6. The lowest BCUT2D eigenvalue weighted by Crippen LogP contribution is -2.50. The third kappa shape index (κ3) is 21.1. The molecular weight excluding hydrogens is 1510 g/mol. The number of ketones is 2. The number of aromatic nitrogens is 3. The zero-order valence-corrected chi connectivity index (χ0v) is 68.2. The second kappa shape index (κ2) is 39.2. The van der Waals surface area contributed by atoms with Gasteiger partial charge in [0.05, 0.1) is 45.6 Å². The second-order valence-corrected chi connectivity index (χ2v) is 33.3. The molecule has 2 aliphatic heterocycles. The molecule has 27 heteroatoms. The summed E-state index contributed by atoms with van der Waals surface area (Å²) in [4.78, 5) is 100. The fraction of sp³-hybridized carbons (Fsp3) is 0.348. The number of rotatable bonds is 37. The van der Waals surface area contributed by atoms with E-state index in [1.165, 1.54) is 78.5 Å². The number of benzene rings is 8. The fourth-order valence-electron chi connectivity index (χ4n) is 14.6. The van der Waals surface area contributed by atoms with Gasteiger partial charge in [-0.05, 0) is 149 Å². The van der Waals surface area contributed by atoms with Crippen LogP contribution in [0.1, 0.15) is 146 Å². The van der Waals surface area contributed by atoms with Gasteiger partial charge in [0.2, 0.25) is 48.8 Å². The molecule has 1 aliphatic carbocycles. The quantitative estimate of drug-likeness (QED) is 0.0105. The molecule has 5 amide bonds. The Morgan fingerprint density at radius 3 is 1.90 bits per heavy atom. The summed E-state index contributed by atoms with van der Waals surface area (Å²) >= 11 is 0. The summed E-state index contributed by atoms with van der Waals surface area (Å²) in [5, 5.41) is 41.7. The molecule has 1 saturated heterocycles. The van der Waals surface area contributed by atoms with Crippen molar-refractivity contribution in [3.63, 3.8) is 0 Å². The van der Waals surface area contributed by atoms with Crippen LogP contribution in [0.15, 0.2) is 213 Å². The fourth-order valence-corrected chi connectivity index (χ4v) is 17.5. The Kier molecular flexibility index (Phi) is 28.9. The van der Waals surface area contributed by atoms with Crippen LogP contribution < -0.4 is 30.8 Å². The van der Waals surface area contributed by atoms with Crippen LogP contribution in [0.3, 0.4) is 0 Å². The second-order valence-electron chi connectivity index (χ2n) is 29.5. The molecule has 25 nitrogen and oxygen atoms in total. The minimum atomic E-state index is -4.40. The maximum Gasteiger partial charge on any atom is 0.254 e. The first-order valence-corrected chi connectivity index (χ1v) is 42.5. The van der Waals surface area contributed by atoms with Crippen LogP contribution in [0.5, 0.6) is 5.75 Å². The molecular formula is C89H102N11O14S2+. The molecule has 5 N–H and O–H groups in total. The predicted molar refractivity (Wildman–Crippen MR) is 444 cm³/mol. The number of amides is 5. The van der Waals surface area contributed by atoms with Crippen LogP contribution in [-0.4, -0.2) is 181 Å². The highest BCUT2D eigenvalue weighted by Gasteiger charge is 2.35. The van der Waals surface area contributed by atoms with Crippen LogP contribution in [0.25, 0.3) is 33.4 Å². The monoisotopic (exact) mass is 1610 g/mol. The number of anilines is 1. The number of carbonyl (C=O) groups excluding carboxylic acids is 7. The maximum absolute atomic E-state index is 14.7. The lowest BCUT2D eigenvalue weighted by atomic mass is 9.90. The van der Waals surface area contributed by atoms with E-state index < -0.39 is 56.4 Å². The molecule has 3 heterocycles. The van der Waals surface area contributed by atoms with Crippen molar-refractivity contribution in [3.05, 3.63) is 239 Å². The molecule has 1 aromatic heterocycles. The summed E-state index contributed by atoms with van der Waals surface area (Å²) in [6.07, 6.45) is 1.64. The van der Waals surface area contributed by atoms with E-state index in [1.54, 1.807) is 70.5 Å². The number of Topliss-reactive ketones (excluding diaryl/α,β-unsaturated/α-hetero) is 1. The van der Waals surface area contributed by atoms with E-state index in [2.05, 4.69) is 99.8 Å². The number of hydrogen-bond acceptors (Lipinski definition) is 17. The van der Waals surface area contributed by atoms with Gasteiger partial charge in [-0.3, -0.25) is 33.6 Å². The lowest BCUT2D eigenvalue weighted by molar-refractivity contribution is -0.134. The van der Waals surface area contributed by atoms with Gasteiger partial charge in [0.15, 0.2) is 11.6 Å². The molecule has 608 valence electrons. The SMILES string of the molecule is CCN(CC)c1ccc2c(-c3ccccc3C(=O)N3CCN(C(=O)CCC(=O)NCCCCCC(=O)N[C@@H](Cc4ccc(C(=O)c5ccccc5)cc4)C(=O)NCc4cn([C@@H](Cc5ccc(O)cc5)C(O)CN(CC(C)C)S(=O)(=O)c5ccc(S(=O)(=O)c6ccc(C(C)=O)cc6)cc5)nn4)CC3)c3ccc(=[N+](CC)CC)cc-3oc2c1. The van der Waals surface area contributed by atoms with Crippen molar-refractivity contribution in [1.82, 2.24) is 49.6 Å². The third-order valence-corrected chi connectivity index (χ3v) is 24.7. The number of sulfone groups is 1. The molecule has 11 rings (SSSR count). The zero-order valence-electron chi connectivity index (χ0n) is 66.6. The summed E-state index contributed by atoms with van der Waals surface area (Å²) in [5.74, 6) is -1.57. The van der Waals surface area contributed by atoms with Crippen molar-refractivity contribution in [2.45, 2.75) is 139 Å². The number of unbranched alkanes of at least 4 members (excludes halogenated alkanes) is 2. The van der Waals surface area contributed by atoms with Gasteiger partial charge in [-0.25, -0.2) is 26.1 Å². The van der Waals surface area contributed by atoms with E-state index in [9.17, 15) is 60.6 Å². The molecule has 116 heavy (non-hydrogen) atoms. The Bertz CT molecular complexity index is 5410. The molecule has 7 aromatic carbocycles. The third-order valence-electron chi connectivity index (χ3n) is 21.1. The van der Waals surface area contributed by atoms with Gasteiger partial charge >= 0.3 is 0 Å². The Hall–Kier alpha value is -11.5. The van der Waals surface area contributed by atoms with Crippen molar-refractivity contribution >= 4 is 77.6 Å². The van der Waals surface area contributed by atoms with Crippen LogP contribution >= 0.6 is 0 Å². The standard InChI is InChI=1S/C89H101N11O14S2/c1-8-95(9-2)68-33-43-76-81(54-68)114-82-55-69(96(10-3)11-4)34-44-77(82)86(76)74-22-17-18-23-75(74)89(109)98-50-48-97(49-51-98)85(106)46-45-83(104)90-47-19-13-16-24-84(105)92-78(52-62-25-29-66(30-26-62)87(107)65-20-14-12-15-21-65)88(108)91-56-67-58-100(94-93-67)79(53-63-27-35-70(102)36-28-63)80(103)59-99(57-60(5)6)116(112,113)73-41-39-72(40-42-73)115(110,111)71-37-31-64(32-38-71)61(7)101/h12,14-15,17-18,20-23,25-44,54-55,58,60,78-80,103H,8-11,13,16,19,24,45-53,56-57,59H2,1-7H3,(H3-,90,91,92,102,104,105,108)/p+1/t78-,79-,80?/m0/s1. The number of aliphatic hydroxyl groups is 1. The molecule has 3 aliphatic rings. The Balaban J connectivity index is 0.682. The van der Waals surface area contributed by atoms with E-state index in [0.717, 1.165) is 63.6 Å². The molecule has 8 aromatic rings. The number of aliphatic hydroxyl groups excluding tert-OH is 1. The number of aromatic hydroxyl groups is 1. The van der Waals surface area contributed by atoms with E-state index >= 15 is 0 Å². The topological polar surface area (TPSA) is 324 Å². The molecule has 1 fully saturated rings. The largest absolute Gasteiger partial charge is 0.508 e. The number of phenols is 1. The summed E-state index contributed by atoms with van der Waals surface area (Å²) in [6.45, 7) is 17.7. The molecule has 0 spiro atoms. The molecule has 0 radical (unpaired) electrons. The number of phenolic OH excluding ortho intramolecular Hbond substituents is 1. The van der Waals surface area contributed by atoms with Crippen molar-refractivity contribution in [1.29, 1.82) is 0 Å². The Morgan fingerprint density at radius 1 is 0.612 bits per heavy atom. The average Bonchev–Trinajstić information content (AvgIpc) is 0.761. The molecule has 3 atom stereocenters. The summed E-state index contributed by atoms with van der Waals surface area (Å²) in [7, 11) is -8.51. The number of hydrogen-bond donors (Lipinski definition) is 5. The zero-order chi connectivity index (χ0) is 82.8. The first-order chi connectivity index (χ1) is 55.8. The molecule has 1 unspecified atom stereocenters. The highest BCUT2D eigenvalue weighted by Crippen LogP contribution is 2.43. The van der Waals surface area contributed by atoms with Crippen LogP contribution in [0.2, 0.25) is 0 Å². The highest BCUT2D eigenvalue weighted by molar-refractivity contribution is 7.91. The van der Waals surface area contributed by atoms with Gasteiger partial charge in [-0.1, -0.05) is 123 Å². The predicted octanol–water partition coefficient (Wildman–Crippen LogP) is 10.7. The van der Waals surface area contributed by atoms with E-state index in [-0.39, 0.29) is 107 Å². The first kappa shape index (κ1) is 85.4. The van der Waals surface area contributed by atoms with Crippen molar-refractivity contribution < 1.29 is 65.0 Å². The lowest BCUT2D eigenvalue weighted by Gasteiger charge is -2.35. The average molecular weight is 1610 g/mol. The van der Waals surface area contributed by atoms with Crippen molar-refractivity contribution in [2.24, 2.45) is 5.92 Å².